The van der Waals surface area contributed by atoms with Crippen LogP contribution in [0.3, 0.4) is 0 Å². The first-order valence-electron chi connectivity index (χ1n) is 5.27. The average Bonchev–Trinajstić information content (AvgIpc) is 2.65. The normalized spacial score (nSPS) is 26.9. The zero-order valence-corrected chi connectivity index (χ0v) is 7.87. The summed E-state index contributed by atoms with van der Waals surface area (Å²) in [5.41, 5.74) is 3.19. The average molecular weight is 173 g/mol. The van der Waals surface area contributed by atoms with Crippen LogP contribution in [0.5, 0.6) is 0 Å². The Bertz CT molecular complexity index is 319. The van der Waals surface area contributed by atoms with Gasteiger partial charge in [-0.2, -0.15) is 0 Å². The van der Waals surface area contributed by atoms with E-state index in [1.807, 2.05) is 0 Å². The molecule has 1 heteroatoms. The quantitative estimate of drug-likeness (QED) is 0.582. The highest BCUT2D eigenvalue weighted by molar-refractivity contribution is 5.33. The third-order valence-corrected chi connectivity index (χ3v) is 3.45. The van der Waals surface area contributed by atoms with Gasteiger partial charge in [0.1, 0.15) is 0 Å². The van der Waals surface area contributed by atoms with Crippen molar-refractivity contribution >= 4 is 0 Å². The van der Waals surface area contributed by atoms with Gasteiger partial charge in [-0.15, -0.1) is 0 Å². The van der Waals surface area contributed by atoms with E-state index in [2.05, 4.69) is 29.2 Å². The number of fused-ring (bicyclic) bond motifs is 3. The molecule has 3 rings (SSSR count). The van der Waals surface area contributed by atoms with Gasteiger partial charge >= 0.3 is 0 Å². The fraction of sp³-hybridized carbons (Fsp3) is 0.500. The summed E-state index contributed by atoms with van der Waals surface area (Å²) < 4.78 is 0. The maximum absolute atomic E-state index is 2.64. The first-order valence-corrected chi connectivity index (χ1v) is 5.27. The van der Waals surface area contributed by atoms with Crippen molar-refractivity contribution in [3.63, 3.8) is 0 Å². The van der Waals surface area contributed by atoms with Crippen molar-refractivity contribution in [2.45, 2.75) is 25.3 Å². The Balaban J connectivity index is 2.06. The molecule has 0 N–H and O–H groups in total. The number of hydrogen-bond donors (Lipinski definition) is 0. The lowest BCUT2D eigenvalue weighted by Crippen LogP contribution is -2.30. The number of benzene rings is 1. The lowest BCUT2D eigenvalue weighted by Gasteiger charge is -2.31. The molecule has 2 heterocycles. The smallest absolute Gasteiger partial charge is 0.0351 e. The zero-order valence-electron chi connectivity index (χ0n) is 7.87. The van der Waals surface area contributed by atoms with Gasteiger partial charge in [-0.25, -0.2) is 0 Å². The highest BCUT2D eigenvalue weighted by Crippen LogP contribution is 2.36. The van der Waals surface area contributed by atoms with Crippen LogP contribution in [0.2, 0.25) is 0 Å². The summed E-state index contributed by atoms with van der Waals surface area (Å²) in [6, 6.07) is 9.72. The summed E-state index contributed by atoms with van der Waals surface area (Å²) in [5.74, 6) is 0. The molecule has 0 radical (unpaired) electrons. The lowest BCUT2D eigenvalue weighted by atomic mass is 9.93. The minimum atomic E-state index is 0.755. The van der Waals surface area contributed by atoms with Crippen LogP contribution in [-0.2, 0) is 6.42 Å². The van der Waals surface area contributed by atoms with E-state index in [1.165, 1.54) is 32.4 Å². The first-order chi connectivity index (χ1) is 6.45. The molecule has 1 fully saturated rings. The summed E-state index contributed by atoms with van der Waals surface area (Å²) in [4.78, 5) is 2.64. The van der Waals surface area contributed by atoms with Crippen LogP contribution in [-0.4, -0.2) is 18.0 Å². The molecule has 1 aromatic rings. The van der Waals surface area contributed by atoms with Gasteiger partial charge in [0.15, 0.2) is 0 Å². The molecule has 68 valence electrons. The van der Waals surface area contributed by atoms with Crippen LogP contribution in [0.25, 0.3) is 0 Å². The zero-order chi connectivity index (χ0) is 8.67. The first kappa shape index (κ1) is 7.57. The Labute approximate surface area is 79.4 Å². The molecule has 1 saturated heterocycles. The fourth-order valence-electron chi connectivity index (χ4n) is 2.80. The molecule has 0 saturated carbocycles. The predicted molar refractivity (Wildman–Crippen MR) is 53.7 cm³/mol. The molecule has 2 aliphatic rings. The fourth-order valence-corrected chi connectivity index (χ4v) is 2.80. The molecule has 2 aliphatic heterocycles. The van der Waals surface area contributed by atoms with Crippen LogP contribution in [0.4, 0.5) is 0 Å². The van der Waals surface area contributed by atoms with Crippen LogP contribution in [0.1, 0.15) is 30.0 Å². The van der Waals surface area contributed by atoms with E-state index in [4.69, 9.17) is 0 Å². The van der Waals surface area contributed by atoms with Gasteiger partial charge in [0.2, 0.25) is 0 Å². The largest absolute Gasteiger partial charge is 0.296 e. The van der Waals surface area contributed by atoms with Gasteiger partial charge in [-0.05, 0) is 36.9 Å². The monoisotopic (exact) mass is 173 g/mol. The maximum Gasteiger partial charge on any atom is 0.0351 e. The van der Waals surface area contributed by atoms with Gasteiger partial charge < -0.3 is 0 Å². The summed E-state index contributed by atoms with van der Waals surface area (Å²) in [6.07, 6.45) is 4.02. The molecule has 0 bridgehead atoms. The lowest BCUT2D eigenvalue weighted by molar-refractivity contribution is 0.244. The summed E-state index contributed by atoms with van der Waals surface area (Å²) in [7, 11) is 0. The molecular weight excluding hydrogens is 158 g/mol. The number of rotatable bonds is 0. The highest BCUT2D eigenvalue weighted by Gasteiger charge is 2.30. The van der Waals surface area contributed by atoms with Gasteiger partial charge in [0, 0.05) is 12.6 Å². The molecule has 0 spiro atoms. The second kappa shape index (κ2) is 2.85. The number of hydrogen-bond acceptors (Lipinski definition) is 1. The molecule has 0 aromatic heterocycles. The Hall–Kier alpha value is -0.820. The van der Waals surface area contributed by atoms with Crippen molar-refractivity contribution in [3.8, 4) is 0 Å². The topological polar surface area (TPSA) is 3.24 Å². The van der Waals surface area contributed by atoms with Crippen molar-refractivity contribution in [2.75, 3.05) is 13.1 Å². The molecule has 1 atom stereocenters. The van der Waals surface area contributed by atoms with Crippen LogP contribution in [0, 0.1) is 0 Å². The van der Waals surface area contributed by atoms with Crippen molar-refractivity contribution < 1.29 is 0 Å². The third kappa shape index (κ3) is 1.11. The van der Waals surface area contributed by atoms with Crippen molar-refractivity contribution in [3.05, 3.63) is 35.4 Å². The van der Waals surface area contributed by atoms with E-state index in [9.17, 15) is 0 Å². The summed E-state index contributed by atoms with van der Waals surface area (Å²) in [5, 5.41) is 0. The van der Waals surface area contributed by atoms with E-state index in [-0.39, 0.29) is 0 Å². The molecule has 1 aromatic carbocycles. The number of nitrogens with zero attached hydrogens (tertiary/aromatic N) is 1. The molecule has 0 unspecified atom stereocenters. The maximum atomic E-state index is 2.64. The van der Waals surface area contributed by atoms with Gasteiger partial charge in [-0.3, -0.25) is 4.90 Å². The van der Waals surface area contributed by atoms with E-state index < -0.39 is 0 Å². The minimum absolute atomic E-state index is 0.755. The van der Waals surface area contributed by atoms with Gasteiger partial charge in [-0.1, -0.05) is 24.3 Å². The summed E-state index contributed by atoms with van der Waals surface area (Å²) >= 11 is 0. The Morgan fingerprint density at radius 1 is 1.15 bits per heavy atom. The molecule has 0 amide bonds. The van der Waals surface area contributed by atoms with Crippen molar-refractivity contribution in [2.24, 2.45) is 0 Å². The second-order valence-corrected chi connectivity index (χ2v) is 4.14. The van der Waals surface area contributed by atoms with E-state index in [0.29, 0.717) is 0 Å². The second-order valence-electron chi connectivity index (χ2n) is 4.14. The molecular formula is C12H15N. The Morgan fingerprint density at radius 2 is 2.08 bits per heavy atom. The SMILES string of the molecule is c1ccc2c(c1)CCN1CCC[C@@H]21. The van der Waals surface area contributed by atoms with Crippen LogP contribution in [0.15, 0.2) is 24.3 Å². The molecule has 1 nitrogen and oxygen atoms in total. The van der Waals surface area contributed by atoms with Crippen molar-refractivity contribution in [1.29, 1.82) is 0 Å². The standard InChI is InChI=1S/C12H15N/c1-2-5-11-10(4-1)7-9-13-8-3-6-12(11)13/h1-2,4-5,12H,3,6-9H2/t12-/m0/s1. The Kier molecular flexibility index (Phi) is 1.66. The van der Waals surface area contributed by atoms with E-state index in [1.54, 1.807) is 11.1 Å². The van der Waals surface area contributed by atoms with Crippen molar-refractivity contribution in [1.82, 2.24) is 4.90 Å². The highest BCUT2D eigenvalue weighted by atomic mass is 15.2. The summed E-state index contributed by atoms with van der Waals surface area (Å²) in [6.45, 7) is 2.60. The van der Waals surface area contributed by atoms with Crippen LogP contribution < -0.4 is 0 Å². The third-order valence-electron chi connectivity index (χ3n) is 3.45. The van der Waals surface area contributed by atoms with Crippen LogP contribution >= 0.6 is 0 Å². The minimum Gasteiger partial charge on any atom is -0.296 e. The van der Waals surface area contributed by atoms with Gasteiger partial charge in [0.25, 0.3) is 0 Å². The predicted octanol–water partition coefficient (Wildman–Crippen LogP) is 2.38. The Morgan fingerprint density at radius 3 is 3.08 bits per heavy atom. The van der Waals surface area contributed by atoms with E-state index in [0.717, 1.165) is 6.04 Å². The van der Waals surface area contributed by atoms with E-state index >= 15 is 0 Å². The molecule has 0 aliphatic carbocycles. The van der Waals surface area contributed by atoms with Gasteiger partial charge in [0.05, 0.1) is 0 Å². The molecule has 13 heavy (non-hydrogen) atoms.